The number of aromatic nitrogens is 3. The van der Waals surface area contributed by atoms with Crippen LogP contribution in [0.15, 0.2) is 24.3 Å². The highest BCUT2D eigenvalue weighted by Crippen LogP contribution is 2.24. The molecule has 1 aliphatic heterocycles. The maximum atomic E-state index is 10.7. The van der Waals surface area contributed by atoms with Crippen molar-refractivity contribution in [3.8, 4) is 5.75 Å². The van der Waals surface area contributed by atoms with E-state index in [1.54, 1.807) is 7.11 Å². The molecule has 3 rings (SSSR count). The van der Waals surface area contributed by atoms with E-state index in [-0.39, 0.29) is 0 Å². The molecule has 1 aliphatic rings. The molecule has 0 spiro atoms. The number of hydrogen-bond donors (Lipinski definition) is 1. The second kappa shape index (κ2) is 7.97. The SMILES string of the molecule is COc1ccc([C@@H](O)CN2CCCC[C@@H]2Cn2nc(C)nc2C)cc1. The van der Waals surface area contributed by atoms with Crippen molar-refractivity contribution in [2.45, 2.75) is 51.8 Å². The Kier molecular flexibility index (Phi) is 5.71. The fourth-order valence-electron chi connectivity index (χ4n) is 3.59. The van der Waals surface area contributed by atoms with E-state index in [0.717, 1.165) is 42.5 Å². The Bertz CT molecular complexity index is 683. The van der Waals surface area contributed by atoms with Crippen LogP contribution in [-0.2, 0) is 6.54 Å². The van der Waals surface area contributed by atoms with Gasteiger partial charge in [-0.2, -0.15) is 5.10 Å². The van der Waals surface area contributed by atoms with Crippen LogP contribution in [0.2, 0.25) is 0 Å². The highest BCUT2D eigenvalue weighted by atomic mass is 16.5. The van der Waals surface area contributed by atoms with Gasteiger partial charge in [-0.15, -0.1) is 0 Å². The van der Waals surface area contributed by atoms with Gasteiger partial charge >= 0.3 is 0 Å². The van der Waals surface area contributed by atoms with E-state index < -0.39 is 6.10 Å². The van der Waals surface area contributed by atoms with Crippen LogP contribution in [0, 0.1) is 13.8 Å². The molecular weight excluding hydrogens is 316 g/mol. The Morgan fingerprint density at radius 1 is 1.24 bits per heavy atom. The third-order valence-electron chi connectivity index (χ3n) is 5.00. The van der Waals surface area contributed by atoms with Gasteiger partial charge in [0.05, 0.1) is 19.8 Å². The van der Waals surface area contributed by atoms with Gasteiger partial charge in [-0.3, -0.25) is 4.90 Å². The largest absolute Gasteiger partial charge is 0.497 e. The fraction of sp³-hybridized carbons (Fsp3) is 0.579. The molecule has 0 radical (unpaired) electrons. The van der Waals surface area contributed by atoms with Gasteiger partial charge in [0.25, 0.3) is 0 Å². The van der Waals surface area contributed by atoms with E-state index in [9.17, 15) is 5.11 Å². The number of β-amino-alcohol motifs (C(OH)–C–C–N with tert-alkyl or cyclic N) is 1. The van der Waals surface area contributed by atoms with Crippen molar-refractivity contribution in [1.29, 1.82) is 0 Å². The topological polar surface area (TPSA) is 63.4 Å². The number of aryl methyl sites for hydroxylation is 2. The Balaban J connectivity index is 1.66. The lowest BCUT2D eigenvalue weighted by Gasteiger charge is -2.37. The molecule has 0 unspecified atom stereocenters. The van der Waals surface area contributed by atoms with Crippen molar-refractivity contribution >= 4 is 0 Å². The molecule has 1 aromatic carbocycles. The van der Waals surface area contributed by atoms with E-state index >= 15 is 0 Å². The third kappa shape index (κ3) is 4.38. The standard InChI is InChI=1S/C19H28N4O2/c1-14-20-15(2)23(21-14)12-17-6-4-5-11-22(17)13-19(24)16-7-9-18(25-3)10-8-16/h7-10,17,19,24H,4-6,11-13H2,1-3H3/t17-,19+/m1/s1. The average molecular weight is 344 g/mol. The fourth-order valence-corrected chi connectivity index (χ4v) is 3.59. The number of piperidine rings is 1. The predicted molar refractivity (Wildman–Crippen MR) is 96.7 cm³/mol. The minimum Gasteiger partial charge on any atom is -0.497 e. The van der Waals surface area contributed by atoms with Crippen molar-refractivity contribution in [3.05, 3.63) is 41.5 Å². The van der Waals surface area contributed by atoms with E-state index in [1.807, 2.05) is 42.8 Å². The number of aliphatic hydroxyl groups excluding tert-OH is 1. The van der Waals surface area contributed by atoms with Crippen LogP contribution in [-0.4, -0.2) is 51.0 Å². The van der Waals surface area contributed by atoms with Crippen LogP contribution >= 0.6 is 0 Å². The van der Waals surface area contributed by atoms with Crippen molar-refractivity contribution in [1.82, 2.24) is 19.7 Å². The first-order chi connectivity index (χ1) is 12.1. The van der Waals surface area contributed by atoms with E-state index in [0.29, 0.717) is 12.6 Å². The molecule has 6 nitrogen and oxygen atoms in total. The van der Waals surface area contributed by atoms with Gasteiger partial charge in [-0.25, -0.2) is 9.67 Å². The molecule has 1 N–H and O–H groups in total. The minimum atomic E-state index is -0.495. The van der Waals surface area contributed by atoms with Crippen molar-refractivity contribution in [2.75, 3.05) is 20.2 Å². The zero-order chi connectivity index (χ0) is 17.8. The second-order valence-corrected chi connectivity index (χ2v) is 6.82. The molecule has 136 valence electrons. The van der Waals surface area contributed by atoms with Crippen molar-refractivity contribution in [3.63, 3.8) is 0 Å². The summed E-state index contributed by atoms with van der Waals surface area (Å²) in [7, 11) is 1.65. The number of nitrogens with zero attached hydrogens (tertiary/aromatic N) is 4. The molecule has 6 heteroatoms. The molecule has 0 amide bonds. The minimum absolute atomic E-state index is 0.390. The number of methoxy groups -OCH3 is 1. The summed E-state index contributed by atoms with van der Waals surface area (Å²) in [6.45, 7) is 6.42. The normalized spacial score (nSPS) is 19.8. The summed E-state index contributed by atoms with van der Waals surface area (Å²) in [5, 5.41) is 15.2. The average Bonchev–Trinajstić information content (AvgIpc) is 2.94. The van der Waals surface area contributed by atoms with E-state index in [1.165, 1.54) is 12.8 Å². The first-order valence-corrected chi connectivity index (χ1v) is 9.01. The number of hydrogen-bond acceptors (Lipinski definition) is 5. The second-order valence-electron chi connectivity index (χ2n) is 6.82. The smallest absolute Gasteiger partial charge is 0.147 e. The number of aliphatic hydroxyl groups is 1. The van der Waals surface area contributed by atoms with Crippen LogP contribution in [0.3, 0.4) is 0 Å². The Labute approximate surface area is 149 Å². The van der Waals surface area contributed by atoms with Crippen molar-refractivity contribution < 1.29 is 9.84 Å². The molecule has 1 saturated heterocycles. The molecule has 1 fully saturated rings. The van der Waals surface area contributed by atoms with Gasteiger partial charge in [0, 0.05) is 12.6 Å². The number of rotatable bonds is 6. The summed E-state index contributed by atoms with van der Waals surface area (Å²) in [6.07, 6.45) is 3.05. The molecule has 25 heavy (non-hydrogen) atoms. The summed E-state index contributed by atoms with van der Waals surface area (Å²) < 4.78 is 7.19. The molecule has 0 bridgehead atoms. The van der Waals surface area contributed by atoms with Crippen molar-refractivity contribution in [2.24, 2.45) is 0 Å². The quantitative estimate of drug-likeness (QED) is 0.872. The number of benzene rings is 1. The van der Waals surface area contributed by atoms with E-state index in [2.05, 4.69) is 15.0 Å². The zero-order valence-electron chi connectivity index (χ0n) is 15.4. The van der Waals surface area contributed by atoms with Gasteiger partial charge in [0.15, 0.2) is 0 Å². The summed E-state index contributed by atoms with van der Waals surface area (Å²) in [5.74, 6) is 2.58. The van der Waals surface area contributed by atoms with Gasteiger partial charge in [-0.1, -0.05) is 18.6 Å². The lowest BCUT2D eigenvalue weighted by Crippen LogP contribution is -2.44. The van der Waals surface area contributed by atoms with Gasteiger partial charge in [0.2, 0.25) is 0 Å². The maximum Gasteiger partial charge on any atom is 0.147 e. The first kappa shape index (κ1) is 17.9. The maximum absolute atomic E-state index is 10.7. The third-order valence-corrected chi connectivity index (χ3v) is 5.00. The molecule has 2 atom stereocenters. The number of ether oxygens (including phenoxy) is 1. The first-order valence-electron chi connectivity index (χ1n) is 9.01. The van der Waals surface area contributed by atoms with Crippen LogP contribution in [0.1, 0.15) is 42.6 Å². The van der Waals surface area contributed by atoms with Gasteiger partial charge in [-0.05, 0) is 50.9 Å². The van der Waals surface area contributed by atoms with Crippen LogP contribution in [0.5, 0.6) is 5.75 Å². The Morgan fingerprint density at radius 2 is 2.00 bits per heavy atom. The summed E-state index contributed by atoms with van der Waals surface area (Å²) in [5.41, 5.74) is 0.929. The van der Waals surface area contributed by atoms with Gasteiger partial charge < -0.3 is 9.84 Å². The monoisotopic (exact) mass is 344 g/mol. The molecule has 1 aromatic heterocycles. The zero-order valence-corrected chi connectivity index (χ0v) is 15.4. The van der Waals surface area contributed by atoms with Crippen LogP contribution in [0.4, 0.5) is 0 Å². The summed E-state index contributed by atoms with van der Waals surface area (Å²) in [6, 6.07) is 8.06. The molecule has 2 heterocycles. The predicted octanol–water partition coefficient (Wildman–Crippen LogP) is 2.49. The Hall–Kier alpha value is -1.92. The van der Waals surface area contributed by atoms with E-state index in [4.69, 9.17) is 4.74 Å². The Morgan fingerprint density at radius 3 is 2.64 bits per heavy atom. The number of likely N-dealkylation sites (tertiary alicyclic amines) is 1. The summed E-state index contributed by atoms with van der Waals surface area (Å²) >= 11 is 0. The van der Waals surface area contributed by atoms with Gasteiger partial charge in [0.1, 0.15) is 17.4 Å². The lowest BCUT2D eigenvalue weighted by atomic mass is 10.00. The molecular formula is C19H28N4O2. The molecule has 2 aromatic rings. The highest BCUT2D eigenvalue weighted by molar-refractivity contribution is 5.28. The molecule has 0 saturated carbocycles. The highest BCUT2D eigenvalue weighted by Gasteiger charge is 2.26. The lowest BCUT2D eigenvalue weighted by molar-refractivity contribution is 0.0588. The van der Waals surface area contributed by atoms with Crippen LogP contribution in [0.25, 0.3) is 0 Å². The summed E-state index contributed by atoms with van der Waals surface area (Å²) in [4.78, 5) is 6.80. The van der Waals surface area contributed by atoms with Crippen LogP contribution < -0.4 is 4.74 Å². The molecule has 0 aliphatic carbocycles.